The number of rotatable bonds is 5. The van der Waals surface area contributed by atoms with Gasteiger partial charge in [0.25, 0.3) is 5.22 Å². The standard InChI is InChI=1S/C17H10Br2N4O2S/c18-11-5-3-4-10(8-11)15-20-14(25-23-15)9-26-17-22-21-16(24-17)12-6-1-2-7-13(12)19/h1-8H,9H2. The van der Waals surface area contributed by atoms with Crippen molar-refractivity contribution in [2.75, 3.05) is 0 Å². The molecule has 9 heteroatoms. The van der Waals surface area contributed by atoms with Crippen molar-refractivity contribution in [2.24, 2.45) is 0 Å². The highest BCUT2D eigenvalue weighted by molar-refractivity contribution is 9.10. The summed E-state index contributed by atoms with van der Waals surface area (Å²) >= 11 is 8.26. The summed E-state index contributed by atoms with van der Waals surface area (Å²) in [6.07, 6.45) is 0. The van der Waals surface area contributed by atoms with Crippen LogP contribution in [0.5, 0.6) is 0 Å². The molecule has 0 saturated carbocycles. The largest absolute Gasteiger partial charge is 0.411 e. The van der Waals surface area contributed by atoms with Crippen molar-refractivity contribution in [3.8, 4) is 22.8 Å². The van der Waals surface area contributed by atoms with Crippen LogP contribution in [0.4, 0.5) is 0 Å². The van der Waals surface area contributed by atoms with Gasteiger partial charge in [-0.15, -0.1) is 10.2 Å². The van der Waals surface area contributed by atoms with Gasteiger partial charge in [-0.05, 0) is 40.2 Å². The Hall–Kier alpha value is -1.97. The Balaban J connectivity index is 1.45. The summed E-state index contributed by atoms with van der Waals surface area (Å²) in [5.41, 5.74) is 1.73. The first-order valence-corrected chi connectivity index (χ1v) is 10.1. The topological polar surface area (TPSA) is 77.8 Å². The number of hydrogen-bond acceptors (Lipinski definition) is 7. The maximum Gasteiger partial charge on any atom is 0.277 e. The van der Waals surface area contributed by atoms with Gasteiger partial charge in [-0.3, -0.25) is 0 Å². The molecule has 0 aliphatic rings. The summed E-state index contributed by atoms with van der Waals surface area (Å²) in [5.74, 6) is 1.94. The Bertz CT molecular complexity index is 1050. The van der Waals surface area contributed by atoms with Crippen molar-refractivity contribution in [2.45, 2.75) is 11.0 Å². The van der Waals surface area contributed by atoms with Crippen molar-refractivity contribution < 1.29 is 8.94 Å². The molecule has 0 aliphatic carbocycles. The molecule has 2 heterocycles. The van der Waals surface area contributed by atoms with Gasteiger partial charge in [-0.25, -0.2) is 0 Å². The Morgan fingerprint density at radius 1 is 1.00 bits per heavy atom. The first-order chi connectivity index (χ1) is 12.7. The first kappa shape index (κ1) is 17.4. The zero-order valence-corrected chi connectivity index (χ0v) is 17.1. The van der Waals surface area contributed by atoms with E-state index in [9.17, 15) is 0 Å². The molecule has 6 nitrogen and oxygen atoms in total. The second-order valence-electron chi connectivity index (χ2n) is 5.16. The van der Waals surface area contributed by atoms with E-state index in [1.54, 1.807) is 0 Å². The molecule has 4 rings (SSSR count). The van der Waals surface area contributed by atoms with Crippen LogP contribution in [-0.4, -0.2) is 20.3 Å². The van der Waals surface area contributed by atoms with Crippen molar-refractivity contribution in [1.82, 2.24) is 20.3 Å². The van der Waals surface area contributed by atoms with Crippen LogP contribution in [0, 0.1) is 0 Å². The van der Waals surface area contributed by atoms with Crippen LogP contribution in [0.25, 0.3) is 22.8 Å². The summed E-state index contributed by atoms with van der Waals surface area (Å²) in [5, 5.41) is 12.6. The Morgan fingerprint density at radius 3 is 2.73 bits per heavy atom. The highest BCUT2D eigenvalue weighted by Crippen LogP contribution is 2.30. The molecule has 4 aromatic rings. The third-order valence-corrected chi connectivity index (χ3v) is 5.37. The van der Waals surface area contributed by atoms with Crippen molar-refractivity contribution in [3.63, 3.8) is 0 Å². The van der Waals surface area contributed by atoms with Crippen LogP contribution < -0.4 is 0 Å². The predicted molar refractivity (Wildman–Crippen MR) is 104 cm³/mol. The SMILES string of the molecule is Brc1cccc(-c2noc(CSc3nnc(-c4ccccc4Br)o3)n2)c1. The molecule has 0 N–H and O–H groups in total. The van der Waals surface area contributed by atoms with E-state index >= 15 is 0 Å². The lowest BCUT2D eigenvalue weighted by Crippen LogP contribution is -1.83. The number of thioether (sulfide) groups is 1. The Morgan fingerprint density at radius 2 is 1.88 bits per heavy atom. The zero-order valence-electron chi connectivity index (χ0n) is 13.1. The van der Waals surface area contributed by atoms with Crippen LogP contribution in [0.15, 0.2) is 71.6 Å². The molecule has 2 aromatic carbocycles. The zero-order chi connectivity index (χ0) is 17.9. The second kappa shape index (κ2) is 7.73. The van der Waals surface area contributed by atoms with E-state index in [4.69, 9.17) is 8.94 Å². The highest BCUT2D eigenvalue weighted by atomic mass is 79.9. The van der Waals surface area contributed by atoms with Gasteiger partial charge in [0.2, 0.25) is 17.6 Å². The molecule has 0 radical (unpaired) electrons. The number of halogens is 2. The monoisotopic (exact) mass is 492 g/mol. The van der Waals surface area contributed by atoms with Crippen LogP contribution in [0.2, 0.25) is 0 Å². The van der Waals surface area contributed by atoms with Crippen LogP contribution in [-0.2, 0) is 5.75 Å². The van der Waals surface area contributed by atoms with Crippen molar-refractivity contribution >= 4 is 43.6 Å². The lowest BCUT2D eigenvalue weighted by Gasteiger charge is -1.96. The molecule has 0 unspecified atom stereocenters. The number of benzene rings is 2. The van der Waals surface area contributed by atoms with E-state index in [-0.39, 0.29) is 0 Å². The molecule has 0 fully saturated rings. The molecule has 0 saturated heterocycles. The van der Waals surface area contributed by atoms with E-state index in [0.717, 1.165) is 20.1 Å². The molecule has 2 aromatic heterocycles. The molecule has 0 atom stereocenters. The summed E-state index contributed by atoms with van der Waals surface area (Å²) in [6.45, 7) is 0. The lowest BCUT2D eigenvalue weighted by molar-refractivity contribution is 0.391. The predicted octanol–water partition coefficient (Wildman–Crippen LogP) is 5.60. The van der Waals surface area contributed by atoms with Gasteiger partial charge in [0.05, 0.1) is 11.3 Å². The highest BCUT2D eigenvalue weighted by Gasteiger charge is 2.14. The third kappa shape index (κ3) is 3.89. The number of hydrogen-bond donors (Lipinski definition) is 0. The van der Waals surface area contributed by atoms with Crippen molar-refractivity contribution in [3.05, 3.63) is 63.4 Å². The fraction of sp³-hybridized carbons (Fsp3) is 0.0588. The van der Waals surface area contributed by atoms with Crippen LogP contribution in [0.3, 0.4) is 0 Å². The lowest BCUT2D eigenvalue weighted by atomic mass is 10.2. The van der Waals surface area contributed by atoms with Gasteiger partial charge in [-0.1, -0.05) is 57.1 Å². The number of nitrogens with zero attached hydrogens (tertiary/aromatic N) is 4. The van der Waals surface area contributed by atoms with Crippen LogP contribution >= 0.6 is 43.6 Å². The summed E-state index contributed by atoms with van der Waals surface area (Å²) in [4.78, 5) is 4.40. The van der Waals surface area contributed by atoms with Gasteiger partial charge >= 0.3 is 0 Å². The molecule has 130 valence electrons. The summed E-state index contributed by atoms with van der Waals surface area (Å²) in [7, 11) is 0. The maximum atomic E-state index is 5.69. The molecule has 0 spiro atoms. The van der Waals surface area contributed by atoms with Crippen molar-refractivity contribution in [1.29, 1.82) is 0 Å². The van der Waals surface area contributed by atoms with E-state index in [2.05, 4.69) is 52.2 Å². The van der Waals surface area contributed by atoms with Crippen LogP contribution in [0.1, 0.15) is 5.89 Å². The first-order valence-electron chi connectivity index (χ1n) is 7.49. The minimum absolute atomic E-state index is 0.443. The fourth-order valence-corrected chi connectivity index (χ4v) is 3.65. The number of aromatic nitrogens is 4. The van der Waals surface area contributed by atoms with Gasteiger partial charge in [0.1, 0.15) is 0 Å². The summed E-state index contributed by atoms with van der Waals surface area (Å²) in [6, 6.07) is 15.4. The average Bonchev–Trinajstić information content (AvgIpc) is 3.30. The third-order valence-electron chi connectivity index (χ3n) is 3.38. The quantitative estimate of drug-likeness (QED) is 0.334. The van der Waals surface area contributed by atoms with Gasteiger partial charge in [-0.2, -0.15) is 4.98 Å². The van der Waals surface area contributed by atoms with Gasteiger partial charge in [0, 0.05) is 14.5 Å². The van der Waals surface area contributed by atoms with E-state index in [1.807, 2.05) is 48.5 Å². The second-order valence-corrected chi connectivity index (χ2v) is 7.86. The Labute approximate surface area is 169 Å². The van der Waals surface area contributed by atoms with E-state index in [0.29, 0.717) is 28.6 Å². The average molecular weight is 494 g/mol. The van der Waals surface area contributed by atoms with Gasteiger partial charge < -0.3 is 8.94 Å². The van der Waals surface area contributed by atoms with Gasteiger partial charge in [0.15, 0.2) is 0 Å². The Kier molecular flexibility index (Phi) is 5.18. The molecular weight excluding hydrogens is 484 g/mol. The molecular formula is C17H10Br2N4O2S. The minimum Gasteiger partial charge on any atom is -0.411 e. The fourth-order valence-electron chi connectivity index (χ4n) is 2.19. The molecule has 0 bridgehead atoms. The normalized spacial score (nSPS) is 11.0. The molecule has 0 amide bonds. The van der Waals surface area contributed by atoms with E-state index < -0.39 is 0 Å². The minimum atomic E-state index is 0.443. The smallest absolute Gasteiger partial charge is 0.277 e. The summed E-state index contributed by atoms with van der Waals surface area (Å²) < 4.78 is 12.8. The molecule has 0 aliphatic heterocycles. The maximum absolute atomic E-state index is 5.69. The van der Waals surface area contributed by atoms with E-state index in [1.165, 1.54) is 11.8 Å². The molecule has 26 heavy (non-hydrogen) atoms.